The van der Waals surface area contributed by atoms with E-state index in [2.05, 4.69) is 0 Å². The van der Waals surface area contributed by atoms with Crippen molar-refractivity contribution < 1.29 is 22.3 Å². The molecule has 0 aliphatic carbocycles. The molecular weight excluding hydrogens is 333 g/mol. The largest absolute Gasteiger partial charge is 0.457 e. The molecule has 0 bridgehead atoms. The molecule has 0 unspecified atom stereocenters. The van der Waals surface area contributed by atoms with E-state index in [1.807, 2.05) is 0 Å². The summed E-state index contributed by atoms with van der Waals surface area (Å²) in [5, 5.41) is 0. The Hall–Kier alpha value is -2.41. The lowest BCUT2D eigenvalue weighted by Gasteiger charge is -2.16. The average molecular weight is 349 g/mol. The van der Waals surface area contributed by atoms with Crippen molar-refractivity contribution >= 4 is 21.7 Å². The van der Waals surface area contributed by atoms with Crippen LogP contribution >= 0.6 is 0 Å². The summed E-state index contributed by atoms with van der Waals surface area (Å²) in [4.78, 5) is 12.0. The van der Waals surface area contributed by atoms with Gasteiger partial charge in [0, 0.05) is 6.54 Å². The Labute approximate surface area is 139 Å². The fourth-order valence-corrected chi connectivity index (χ4v) is 4.12. The van der Waals surface area contributed by atoms with Crippen molar-refractivity contribution in [2.24, 2.45) is 0 Å². The van der Waals surface area contributed by atoms with Gasteiger partial charge in [0.1, 0.15) is 12.4 Å². The van der Waals surface area contributed by atoms with Crippen LogP contribution in [0.25, 0.3) is 0 Å². The molecule has 3 rings (SSSR count). The molecule has 0 N–H and O–H groups in total. The minimum absolute atomic E-state index is 0.0289. The smallest absolute Gasteiger partial charge is 0.338 e. The minimum Gasteiger partial charge on any atom is -0.457 e. The second-order valence-electron chi connectivity index (χ2n) is 5.49. The summed E-state index contributed by atoms with van der Waals surface area (Å²) in [6.07, 6.45) is 0.597. The SMILES string of the molecule is O=C(OCc1cccc(F)c1)c1ccc(N2CCCS2(=O)=O)cc1. The van der Waals surface area contributed by atoms with E-state index in [1.165, 1.54) is 28.6 Å². The van der Waals surface area contributed by atoms with Gasteiger partial charge in [0.05, 0.1) is 17.0 Å². The van der Waals surface area contributed by atoms with Crippen LogP contribution in [0, 0.1) is 5.82 Å². The fraction of sp³-hybridized carbons (Fsp3) is 0.235. The Morgan fingerprint density at radius 3 is 2.54 bits per heavy atom. The Kier molecular flexibility index (Phi) is 4.53. The molecule has 5 nitrogen and oxygen atoms in total. The van der Waals surface area contributed by atoms with Crippen molar-refractivity contribution in [1.29, 1.82) is 0 Å². The molecule has 1 heterocycles. The molecule has 0 saturated carbocycles. The maximum Gasteiger partial charge on any atom is 0.338 e. The van der Waals surface area contributed by atoms with E-state index in [4.69, 9.17) is 4.74 Å². The molecule has 1 aliphatic rings. The van der Waals surface area contributed by atoms with Gasteiger partial charge >= 0.3 is 5.97 Å². The lowest BCUT2D eigenvalue weighted by molar-refractivity contribution is 0.0472. The molecule has 0 atom stereocenters. The summed E-state index contributed by atoms with van der Waals surface area (Å²) in [6.45, 7) is 0.421. The standard InChI is InChI=1S/C17H16FNO4S/c18-15-4-1-3-13(11-15)12-23-17(20)14-5-7-16(8-6-14)19-9-2-10-24(19,21)22/h1,3-8,11H,2,9-10,12H2. The van der Waals surface area contributed by atoms with E-state index in [1.54, 1.807) is 24.3 Å². The number of hydrogen-bond acceptors (Lipinski definition) is 4. The van der Waals surface area contributed by atoms with Crippen LogP contribution < -0.4 is 4.31 Å². The molecule has 0 spiro atoms. The highest BCUT2D eigenvalue weighted by molar-refractivity contribution is 7.93. The predicted octanol–water partition coefficient (Wildman–Crippen LogP) is 2.72. The van der Waals surface area contributed by atoms with Gasteiger partial charge in [0.15, 0.2) is 0 Å². The van der Waals surface area contributed by atoms with E-state index in [0.717, 1.165) is 0 Å². The highest BCUT2D eigenvalue weighted by Crippen LogP contribution is 2.24. The average Bonchev–Trinajstić information content (AvgIpc) is 2.92. The van der Waals surface area contributed by atoms with E-state index in [0.29, 0.717) is 29.8 Å². The number of carbonyl (C=O) groups is 1. The Morgan fingerprint density at radius 2 is 1.92 bits per heavy atom. The van der Waals surface area contributed by atoms with Gasteiger partial charge in [-0.1, -0.05) is 12.1 Å². The molecule has 0 radical (unpaired) electrons. The molecule has 126 valence electrons. The zero-order valence-corrected chi connectivity index (χ0v) is 13.6. The molecular formula is C17H16FNO4S. The predicted molar refractivity (Wildman–Crippen MR) is 87.7 cm³/mol. The second kappa shape index (κ2) is 6.60. The first-order valence-corrected chi connectivity index (χ1v) is 9.09. The molecule has 2 aromatic carbocycles. The van der Waals surface area contributed by atoms with Crippen molar-refractivity contribution in [3.05, 3.63) is 65.5 Å². The first kappa shape index (κ1) is 16.4. The first-order valence-electron chi connectivity index (χ1n) is 7.48. The zero-order chi connectivity index (χ0) is 17.2. The quantitative estimate of drug-likeness (QED) is 0.796. The number of ether oxygens (including phenoxy) is 1. The van der Waals surface area contributed by atoms with Crippen molar-refractivity contribution in [3.8, 4) is 0 Å². The van der Waals surface area contributed by atoms with Crippen LogP contribution in [0.3, 0.4) is 0 Å². The van der Waals surface area contributed by atoms with Crippen molar-refractivity contribution in [2.45, 2.75) is 13.0 Å². The molecule has 1 fully saturated rings. The summed E-state index contributed by atoms with van der Waals surface area (Å²) in [5.74, 6) is -0.792. The van der Waals surface area contributed by atoms with E-state index in [-0.39, 0.29) is 18.2 Å². The number of nitrogens with zero attached hydrogens (tertiary/aromatic N) is 1. The van der Waals surface area contributed by atoms with Gasteiger partial charge in [-0.25, -0.2) is 17.6 Å². The maximum atomic E-state index is 13.1. The summed E-state index contributed by atoms with van der Waals surface area (Å²) in [5.41, 5.74) is 1.41. The Morgan fingerprint density at radius 1 is 1.17 bits per heavy atom. The molecule has 0 amide bonds. The molecule has 0 aromatic heterocycles. The van der Waals surface area contributed by atoms with Gasteiger partial charge in [0.2, 0.25) is 10.0 Å². The third kappa shape index (κ3) is 3.56. The number of anilines is 1. The van der Waals surface area contributed by atoms with Crippen molar-refractivity contribution in [2.75, 3.05) is 16.6 Å². The third-order valence-electron chi connectivity index (χ3n) is 3.75. The lowest BCUT2D eigenvalue weighted by atomic mass is 10.2. The number of benzene rings is 2. The Bertz CT molecular complexity index is 849. The summed E-state index contributed by atoms with van der Waals surface area (Å²) in [6, 6.07) is 12.0. The number of halogens is 1. The van der Waals surface area contributed by atoms with Gasteiger partial charge < -0.3 is 4.74 Å². The van der Waals surface area contributed by atoms with E-state index in [9.17, 15) is 17.6 Å². The lowest BCUT2D eigenvalue weighted by Crippen LogP contribution is -2.25. The zero-order valence-electron chi connectivity index (χ0n) is 12.8. The van der Waals surface area contributed by atoms with Crippen LogP contribution in [0.15, 0.2) is 48.5 Å². The van der Waals surface area contributed by atoms with E-state index < -0.39 is 16.0 Å². The van der Waals surface area contributed by atoms with Gasteiger partial charge in [0.25, 0.3) is 0 Å². The Balaban J connectivity index is 1.66. The van der Waals surface area contributed by atoms with Gasteiger partial charge in [-0.2, -0.15) is 0 Å². The number of carbonyl (C=O) groups excluding carboxylic acids is 1. The van der Waals surface area contributed by atoms with Gasteiger partial charge in [-0.05, 0) is 48.4 Å². The second-order valence-corrected chi connectivity index (χ2v) is 7.51. The molecule has 7 heteroatoms. The number of rotatable bonds is 4. The third-order valence-corrected chi connectivity index (χ3v) is 5.62. The summed E-state index contributed by atoms with van der Waals surface area (Å²) < 4.78 is 43.3. The highest BCUT2D eigenvalue weighted by atomic mass is 32.2. The van der Waals surface area contributed by atoms with Crippen LogP contribution in [-0.2, 0) is 21.4 Å². The van der Waals surface area contributed by atoms with Gasteiger partial charge in [-0.3, -0.25) is 4.31 Å². The topological polar surface area (TPSA) is 63.7 Å². The molecule has 1 saturated heterocycles. The number of sulfonamides is 1. The van der Waals surface area contributed by atoms with Gasteiger partial charge in [-0.15, -0.1) is 0 Å². The van der Waals surface area contributed by atoms with E-state index >= 15 is 0 Å². The number of esters is 1. The van der Waals surface area contributed by atoms with Crippen molar-refractivity contribution in [3.63, 3.8) is 0 Å². The van der Waals surface area contributed by atoms with Crippen LogP contribution in [0.5, 0.6) is 0 Å². The minimum atomic E-state index is -3.24. The van der Waals surface area contributed by atoms with Crippen LogP contribution in [0.4, 0.5) is 10.1 Å². The molecule has 2 aromatic rings. The fourth-order valence-electron chi connectivity index (χ4n) is 2.55. The maximum absolute atomic E-state index is 13.1. The monoisotopic (exact) mass is 349 g/mol. The normalized spacial score (nSPS) is 16.1. The molecule has 1 aliphatic heterocycles. The van der Waals surface area contributed by atoms with Crippen molar-refractivity contribution in [1.82, 2.24) is 0 Å². The van der Waals surface area contributed by atoms with Crippen LogP contribution in [0.2, 0.25) is 0 Å². The van der Waals surface area contributed by atoms with Crippen LogP contribution in [-0.4, -0.2) is 26.7 Å². The first-order chi connectivity index (χ1) is 11.5. The summed E-state index contributed by atoms with van der Waals surface area (Å²) >= 11 is 0. The summed E-state index contributed by atoms with van der Waals surface area (Å²) in [7, 11) is -3.24. The number of hydrogen-bond donors (Lipinski definition) is 0. The van der Waals surface area contributed by atoms with Crippen LogP contribution in [0.1, 0.15) is 22.3 Å². The molecule has 24 heavy (non-hydrogen) atoms. The highest BCUT2D eigenvalue weighted by Gasteiger charge is 2.28.